The Morgan fingerprint density at radius 2 is 1.68 bits per heavy atom. The topological polar surface area (TPSA) is 49.4 Å². The van der Waals surface area contributed by atoms with Gasteiger partial charge in [-0.15, -0.1) is 0 Å². The van der Waals surface area contributed by atoms with E-state index in [-0.39, 0.29) is 24.8 Å². The highest BCUT2D eigenvalue weighted by Crippen LogP contribution is 2.33. The fourth-order valence-corrected chi connectivity index (χ4v) is 3.06. The van der Waals surface area contributed by atoms with E-state index in [1.54, 1.807) is 30.3 Å². The highest BCUT2D eigenvalue weighted by atomic mass is 35.5. The van der Waals surface area contributed by atoms with Crippen molar-refractivity contribution in [2.75, 3.05) is 16.8 Å². The first-order valence-electron chi connectivity index (χ1n) is 7.57. The molecule has 132 valence electrons. The van der Waals surface area contributed by atoms with Crippen molar-refractivity contribution in [3.05, 3.63) is 57.0 Å². The van der Waals surface area contributed by atoms with E-state index >= 15 is 0 Å². The minimum atomic E-state index is -0.249. The van der Waals surface area contributed by atoms with Crippen LogP contribution < -0.4 is 10.2 Å². The smallest absolute Gasteiger partial charge is 0.226 e. The van der Waals surface area contributed by atoms with Gasteiger partial charge in [-0.05, 0) is 36.8 Å². The molecule has 7 heteroatoms. The fraction of sp³-hybridized carbons (Fsp3) is 0.222. The molecule has 2 rings (SSSR count). The van der Waals surface area contributed by atoms with Crippen molar-refractivity contribution in [2.24, 2.45) is 0 Å². The molecule has 1 N–H and O–H groups in total. The second-order valence-corrected chi connectivity index (χ2v) is 6.72. The summed E-state index contributed by atoms with van der Waals surface area (Å²) in [6.07, 6.45) is 0.0899. The highest BCUT2D eigenvalue weighted by Gasteiger charge is 2.19. The summed E-state index contributed by atoms with van der Waals surface area (Å²) in [6, 6.07) is 10.3. The molecule has 0 saturated carbocycles. The average molecular weight is 400 g/mol. The molecule has 4 nitrogen and oxygen atoms in total. The largest absolute Gasteiger partial charge is 0.326 e. The van der Waals surface area contributed by atoms with E-state index in [2.05, 4.69) is 5.32 Å². The second kappa shape index (κ2) is 8.56. The predicted molar refractivity (Wildman–Crippen MR) is 104 cm³/mol. The first-order chi connectivity index (χ1) is 11.8. The maximum atomic E-state index is 12.2. The van der Waals surface area contributed by atoms with Gasteiger partial charge in [0.05, 0.1) is 15.7 Å². The van der Waals surface area contributed by atoms with Crippen LogP contribution in [-0.2, 0) is 9.59 Å². The number of hydrogen-bond donors (Lipinski definition) is 1. The molecule has 0 aliphatic carbocycles. The van der Waals surface area contributed by atoms with Crippen molar-refractivity contribution in [3.8, 4) is 0 Å². The van der Waals surface area contributed by atoms with E-state index in [0.29, 0.717) is 26.4 Å². The lowest BCUT2D eigenvalue weighted by atomic mass is 10.2. The zero-order valence-electron chi connectivity index (χ0n) is 13.8. The molecule has 0 bridgehead atoms. The van der Waals surface area contributed by atoms with Crippen molar-refractivity contribution >= 4 is 58.0 Å². The van der Waals surface area contributed by atoms with Crippen LogP contribution in [0, 0.1) is 6.92 Å². The van der Waals surface area contributed by atoms with Crippen LogP contribution >= 0.6 is 34.8 Å². The zero-order chi connectivity index (χ0) is 18.6. The number of aryl methyl sites for hydroxylation is 1. The summed E-state index contributed by atoms with van der Waals surface area (Å²) >= 11 is 18.4. The number of carbonyl (C=O) groups excluding carboxylic acids is 2. The highest BCUT2D eigenvalue weighted by molar-refractivity contribution is 6.39. The molecular weight excluding hydrogens is 383 g/mol. The minimum absolute atomic E-state index is 0.0899. The standard InChI is InChI=1S/C18H17Cl3N2O2/c1-11-6-7-13(10-16(11)21)22-17(25)8-9-23(12(2)24)18-14(19)4-3-5-15(18)20/h3-7,10H,8-9H2,1-2H3,(H,22,25). The Morgan fingerprint density at radius 3 is 2.24 bits per heavy atom. The van der Waals surface area contributed by atoms with Gasteiger partial charge in [-0.25, -0.2) is 0 Å². The second-order valence-electron chi connectivity index (χ2n) is 5.50. The SMILES string of the molecule is CC(=O)N(CCC(=O)Nc1ccc(C)c(Cl)c1)c1c(Cl)cccc1Cl. The fourth-order valence-electron chi connectivity index (χ4n) is 2.28. The number of benzene rings is 2. The number of rotatable bonds is 5. The van der Waals surface area contributed by atoms with Crippen LogP contribution in [0.4, 0.5) is 11.4 Å². The molecular formula is C18H17Cl3N2O2. The molecule has 0 spiro atoms. The lowest BCUT2D eigenvalue weighted by Gasteiger charge is -2.23. The van der Waals surface area contributed by atoms with Crippen molar-refractivity contribution in [1.29, 1.82) is 0 Å². The van der Waals surface area contributed by atoms with E-state index in [4.69, 9.17) is 34.8 Å². The Balaban J connectivity index is 2.07. The van der Waals surface area contributed by atoms with Crippen LogP contribution in [0.5, 0.6) is 0 Å². The monoisotopic (exact) mass is 398 g/mol. The Kier molecular flexibility index (Phi) is 6.71. The molecule has 2 aromatic rings. The first-order valence-corrected chi connectivity index (χ1v) is 8.71. The van der Waals surface area contributed by atoms with Crippen molar-refractivity contribution in [3.63, 3.8) is 0 Å². The van der Waals surface area contributed by atoms with E-state index in [0.717, 1.165) is 5.56 Å². The number of amides is 2. The Bertz CT molecular complexity index is 789. The predicted octanol–water partition coefficient (Wildman–Crippen LogP) is 5.34. The minimum Gasteiger partial charge on any atom is -0.326 e. The van der Waals surface area contributed by atoms with E-state index < -0.39 is 0 Å². The Morgan fingerprint density at radius 1 is 1.04 bits per heavy atom. The van der Waals surface area contributed by atoms with Crippen LogP contribution in [0.15, 0.2) is 36.4 Å². The van der Waals surface area contributed by atoms with Gasteiger partial charge in [0, 0.05) is 30.6 Å². The van der Waals surface area contributed by atoms with Crippen LogP contribution in [-0.4, -0.2) is 18.4 Å². The third-order valence-electron chi connectivity index (χ3n) is 3.61. The van der Waals surface area contributed by atoms with Gasteiger partial charge in [0.25, 0.3) is 0 Å². The quantitative estimate of drug-likeness (QED) is 0.738. The summed E-state index contributed by atoms with van der Waals surface area (Å²) in [4.78, 5) is 25.5. The zero-order valence-corrected chi connectivity index (χ0v) is 16.0. The number of nitrogens with one attached hydrogen (secondary N) is 1. The van der Waals surface area contributed by atoms with Gasteiger partial charge in [-0.2, -0.15) is 0 Å². The number of para-hydroxylation sites is 1. The third kappa shape index (κ3) is 5.11. The van der Waals surface area contributed by atoms with Crippen molar-refractivity contribution in [2.45, 2.75) is 20.3 Å². The average Bonchev–Trinajstić information content (AvgIpc) is 2.53. The van der Waals surface area contributed by atoms with Gasteiger partial charge in [-0.3, -0.25) is 9.59 Å². The number of nitrogens with zero attached hydrogens (tertiary/aromatic N) is 1. The van der Waals surface area contributed by atoms with Gasteiger partial charge < -0.3 is 10.2 Å². The van der Waals surface area contributed by atoms with Gasteiger partial charge in [0.2, 0.25) is 11.8 Å². The molecule has 25 heavy (non-hydrogen) atoms. The molecule has 0 heterocycles. The summed E-state index contributed by atoms with van der Waals surface area (Å²) in [5, 5.41) is 4.04. The molecule has 0 aromatic heterocycles. The van der Waals surface area contributed by atoms with E-state index in [1.807, 2.05) is 13.0 Å². The van der Waals surface area contributed by atoms with Crippen molar-refractivity contribution < 1.29 is 9.59 Å². The first kappa shape index (κ1) is 19.6. The Hall–Kier alpha value is -1.75. The van der Waals surface area contributed by atoms with Crippen LogP contribution in [0.3, 0.4) is 0 Å². The van der Waals surface area contributed by atoms with Gasteiger partial charge in [-0.1, -0.05) is 46.9 Å². The van der Waals surface area contributed by atoms with E-state index in [9.17, 15) is 9.59 Å². The maximum Gasteiger partial charge on any atom is 0.226 e. The van der Waals surface area contributed by atoms with Crippen molar-refractivity contribution in [1.82, 2.24) is 0 Å². The molecule has 0 saturated heterocycles. The summed E-state index contributed by atoms with van der Waals surface area (Å²) in [7, 11) is 0. The third-order valence-corrected chi connectivity index (χ3v) is 4.62. The lowest BCUT2D eigenvalue weighted by Crippen LogP contribution is -2.32. The molecule has 0 fully saturated rings. The Labute approximate surface area is 161 Å². The molecule has 0 unspecified atom stereocenters. The van der Waals surface area contributed by atoms with Crippen LogP contribution in [0.1, 0.15) is 18.9 Å². The number of halogens is 3. The number of anilines is 2. The van der Waals surface area contributed by atoms with E-state index in [1.165, 1.54) is 11.8 Å². The summed E-state index contributed by atoms with van der Waals surface area (Å²) in [5.74, 6) is -0.490. The van der Waals surface area contributed by atoms with Crippen LogP contribution in [0.25, 0.3) is 0 Å². The summed E-state index contributed by atoms with van der Waals surface area (Å²) in [6.45, 7) is 3.44. The maximum absolute atomic E-state index is 12.2. The lowest BCUT2D eigenvalue weighted by molar-refractivity contribution is -0.117. The van der Waals surface area contributed by atoms with Gasteiger partial charge in [0.1, 0.15) is 0 Å². The molecule has 0 atom stereocenters. The summed E-state index contributed by atoms with van der Waals surface area (Å²) < 4.78 is 0. The number of carbonyl (C=O) groups is 2. The molecule has 2 amide bonds. The molecule has 0 aliphatic heterocycles. The number of hydrogen-bond acceptors (Lipinski definition) is 2. The summed E-state index contributed by atoms with van der Waals surface area (Å²) in [5.41, 5.74) is 1.94. The van der Waals surface area contributed by atoms with Crippen LogP contribution in [0.2, 0.25) is 15.1 Å². The normalized spacial score (nSPS) is 10.4. The molecule has 2 aromatic carbocycles. The molecule has 0 radical (unpaired) electrons. The van der Waals surface area contributed by atoms with Gasteiger partial charge >= 0.3 is 0 Å². The van der Waals surface area contributed by atoms with Gasteiger partial charge in [0.15, 0.2) is 0 Å². The molecule has 0 aliphatic rings.